The molecule has 2 aliphatic heterocycles. The molecule has 2 aliphatic rings. The summed E-state index contributed by atoms with van der Waals surface area (Å²) in [6, 6.07) is -1.53. The van der Waals surface area contributed by atoms with Gasteiger partial charge in [-0.05, 0) is 57.8 Å². The average molecular weight is 1620 g/mol. The van der Waals surface area contributed by atoms with Gasteiger partial charge < -0.3 is 57.4 Å². The minimum Gasteiger partial charge on any atom is -0.431 e. The van der Waals surface area contributed by atoms with Gasteiger partial charge in [-0.25, -0.2) is 18.7 Å². The Labute approximate surface area is 669 Å². The number of rotatable bonds is 77. The van der Waals surface area contributed by atoms with Crippen LogP contribution < -0.4 is 5.32 Å². The summed E-state index contributed by atoms with van der Waals surface area (Å²) in [5.74, 6) is -1.07. The molecule has 0 bridgehead atoms. The number of nitrogens with one attached hydrogen (secondary N) is 1. The van der Waals surface area contributed by atoms with E-state index < -0.39 is 115 Å². The van der Waals surface area contributed by atoms with Crippen molar-refractivity contribution in [1.29, 1.82) is 0 Å². The number of ether oxygens (including phenoxy) is 11. The van der Waals surface area contributed by atoms with Gasteiger partial charge in [0.1, 0.15) is 68.3 Å². The molecule has 0 saturated carbocycles. The number of allylic oxidation sites excluding steroid dienone is 2. The molecular formula is C85H149NO23P2. The SMILES string of the molecule is C=CCOC(=O)OC[C@H]1O[C@@H](OC[C@H]2O[C@H](OP(=O)(OCC=C)OCC=C)[C@H](NC(=O)CC(=O)CCCCCCCCCCC)[C@@H](OCCCCCCCCCC)[C@@H]2OC(=O)OCC=C)[C@H](OCCCCCCCCCC/C=C\CCCCCC)[C@@H](OCC[C@@H](CCCCCCC)OC)[C@@H]1OP(=O)(OCC=C)OCC=C. The molecule has 24 nitrogen and oxygen atoms in total. The number of unbranched alkanes of at least 4 members (excludes halogenated alkanes) is 31. The summed E-state index contributed by atoms with van der Waals surface area (Å²) in [6.45, 7) is 28.3. The molecule has 0 aromatic rings. The van der Waals surface area contributed by atoms with E-state index in [1.54, 1.807) is 7.11 Å². The van der Waals surface area contributed by atoms with Crippen molar-refractivity contribution < 1.29 is 108 Å². The Kier molecular flexibility index (Phi) is 63.9. The van der Waals surface area contributed by atoms with Crippen molar-refractivity contribution in [1.82, 2.24) is 5.32 Å². The molecule has 0 aromatic carbocycles. The molecule has 0 aliphatic carbocycles. The molecule has 111 heavy (non-hydrogen) atoms. The van der Waals surface area contributed by atoms with Crippen LogP contribution in [0, 0.1) is 0 Å². The lowest BCUT2D eigenvalue weighted by Gasteiger charge is -2.48. The predicted octanol–water partition coefficient (Wildman–Crippen LogP) is 21.4. The zero-order valence-electron chi connectivity index (χ0n) is 69.1. The smallest absolute Gasteiger partial charge is 0.431 e. The summed E-state index contributed by atoms with van der Waals surface area (Å²) in [7, 11) is -7.76. The van der Waals surface area contributed by atoms with Gasteiger partial charge in [-0.2, -0.15) is 0 Å². The molecule has 2 fully saturated rings. The molecule has 642 valence electrons. The number of carbonyl (C=O) groups excluding carboxylic acids is 4. The Hall–Kier alpha value is -4.20. The van der Waals surface area contributed by atoms with Crippen LogP contribution in [0.1, 0.15) is 285 Å². The molecule has 0 unspecified atom stereocenters. The fourth-order valence-corrected chi connectivity index (χ4v) is 15.5. The number of phosphoric acid groups is 2. The molecular weight excluding hydrogens is 1460 g/mol. The van der Waals surface area contributed by atoms with Gasteiger partial charge in [0.15, 0.2) is 18.7 Å². The fourth-order valence-electron chi connectivity index (χ4n) is 12.9. The summed E-state index contributed by atoms with van der Waals surface area (Å²) < 4.78 is 136. The van der Waals surface area contributed by atoms with Gasteiger partial charge in [-0.15, -0.1) is 26.3 Å². The monoisotopic (exact) mass is 1610 g/mol. The standard InChI is InChI=1S/C85H149NO23P2/c1-12-22-26-30-33-36-37-38-39-40-41-42-44-47-51-55-66-95-81-80(96-67-58-72(93-11)57-53-48-29-25-15-4)78(108-110(91,101-61-18-7)102-62-19-8)74(70-100-84(89)97-59-16-5)106-83(81)99-69-73-77(107-85(90)98-60-17-6)79(94-65-54-50-46-35-32-28-24-14-3)76(82(105-73)109-111(92,103-63-20-9)104-64-21-10)86-75(88)68-71(87)56-52-49-45-43-34-31-27-23-13-2/h16-21,36-37,72-74,76-83H,5-10,12-15,22-35,38-70H2,1-4,11H3,(H,86,88)/b37-36-/t72-,73-,74-,76-,77-,78-,79-,80+,81-,82-,83-/m1/s1. The van der Waals surface area contributed by atoms with Gasteiger partial charge in [0.25, 0.3) is 0 Å². The molecule has 0 radical (unpaired) electrons. The Morgan fingerprint density at radius 3 is 1.32 bits per heavy atom. The van der Waals surface area contributed by atoms with E-state index in [-0.39, 0.29) is 77.8 Å². The fraction of sp³-hybridized carbons (Fsp3) is 0.788. The number of ketones is 1. The van der Waals surface area contributed by atoms with Crippen molar-refractivity contribution in [2.45, 2.75) is 352 Å². The number of phosphoric ester groups is 2. The molecule has 1 N–H and O–H groups in total. The Morgan fingerprint density at radius 2 is 0.820 bits per heavy atom. The van der Waals surface area contributed by atoms with E-state index >= 15 is 4.57 Å². The highest BCUT2D eigenvalue weighted by Crippen LogP contribution is 2.54. The van der Waals surface area contributed by atoms with E-state index in [2.05, 4.69) is 84.6 Å². The lowest BCUT2D eigenvalue weighted by atomic mass is 9.95. The number of hydrogen-bond acceptors (Lipinski definition) is 23. The third-order valence-corrected chi connectivity index (χ3v) is 21.8. The first-order chi connectivity index (χ1) is 54.1. The minimum atomic E-state index is -4.76. The van der Waals surface area contributed by atoms with Crippen molar-refractivity contribution in [3.05, 3.63) is 88.1 Å². The summed E-state index contributed by atoms with van der Waals surface area (Å²) in [4.78, 5) is 55.8. The normalized spacial score (nSPS) is 20.3. The van der Waals surface area contributed by atoms with Crippen LogP contribution in [-0.2, 0) is 98.0 Å². The van der Waals surface area contributed by atoms with E-state index in [9.17, 15) is 23.7 Å². The highest BCUT2D eigenvalue weighted by molar-refractivity contribution is 7.48. The molecule has 2 saturated heterocycles. The molecule has 2 heterocycles. The van der Waals surface area contributed by atoms with Crippen LogP contribution >= 0.6 is 15.6 Å². The molecule has 0 aromatic heterocycles. The molecule has 0 spiro atoms. The lowest BCUT2D eigenvalue weighted by Crippen LogP contribution is -2.67. The maximum absolute atomic E-state index is 15.0. The van der Waals surface area contributed by atoms with Crippen molar-refractivity contribution >= 4 is 39.6 Å². The molecule has 26 heteroatoms. The van der Waals surface area contributed by atoms with Crippen LogP contribution in [0.5, 0.6) is 0 Å². The summed E-state index contributed by atoms with van der Waals surface area (Å²) >= 11 is 0. The number of methoxy groups -OCH3 is 1. The van der Waals surface area contributed by atoms with E-state index in [1.807, 2.05) is 0 Å². The largest absolute Gasteiger partial charge is 0.509 e. The van der Waals surface area contributed by atoms with Crippen LogP contribution in [0.2, 0.25) is 0 Å². The number of hydrogen-bond donors (Lipinski definition) is 1. The summed E-state index contributed by atoms with van der Waals surface area (Å²) in [6.07, 6.45) is 34.6. The highest BCUT2D eigenvalue weighted by atomic mass is 31.2. The van der Waals surface area contributed by atoms with E-state index in [0.29, 0.717) is 25.7 Å². The van der Waals surface area contributed by atoms with Crippen molar-refractivity contribution in [3.8, 4) is 0 Å². The number of carbonyl (C=O) groups is 4. The van der Waals surface area contributed by atoms with Gasteiger partial charge in [-0.1, -0.05) is 276 Å². The van der Waals surface area contributed by atoms with Gasteiger partial charge >= 0.3 is 28.0 Å². The first-order valence-electron chi connectivity index (χ1n) is 42.3. The van der Waals surface area contributed by atoms with Gasteiger partial charge in [0.2, 0.25) is 5.91 Å². The summed E-state index contributed by atoms with van der Waals surface area (Å²) in [5.41, 5.74) is 0. The van der Waals surface area contributed by atoms with Crippen molar-refractivity contribution in [3.63, 3.8) is 0 Å². The van der Waals surface area contributed by atoms with E-state index in [0.717, 1.165) is 167 Å². The Morgan fingerprint density at radius 1 is 0.405 bits per heavy atom. The summed E-state index contributed by atoms with van der Waals surface area (Å²) in [5, 5.41) is 2.90. The maximum Gasteiger partial charge on any atom is 0.509 e. The van der Waals surface area contributed by atoms with Gasteiger partial charge in [0, 0.05) is 33.4 Å². The van der Waals surface area contributed by atoms with Crippen molar-refractivity contribution in [2.75, 3.05) is 79.8 Å². The highest BCUT2D eigenvalue weighted by Gasteiger charge is 2.56. The molecule has 1 amide bonds. The lowest BCUT2D eigenvalue weighted by molar-refractivity contribution is -0.328. The third-order valence-electron chi connectivity index (χ3n) is 19.0. The van der Waals surface area contributed by atoms with Gasteiger partial charge in [-0.3, -0.25) is 36.7 Å². The maximum atomic E-state index is 15.0. The first kappa shape index (κ1) is 103. The van der Waals surface area contributed by atoms with Crippen LogP contribution in [0.25, 0.3) is 0 Å². The van der Waals surface area contributed by atoms with E-state index in [4.69, 9.17) is 79.2 Å². The molecule has 2 rings (SSSR count). The van der Waals surface area contributed by atoms with E-state index in [1.165, 1.54) is 87.8 Å². The zero-order valence-corrected chi connectivity index (χ0v) is 70.8. The van der Waals surface area contributed by atoms with Crippen molar-refractivity contribution in [2.24, 2.45) is 0 Å². The predicted molar refractivity (Wildman–Crippen MR) is 436 cm³/mol. The van der Waals surface area contributed by atoms with Crippen LogP contribution in [0.3, 0.4) is 0 Å². The Bertz CT molecular complexity index is 2530. The van der Waals surface area contributed by atoms with Gasteiger partial charge in [0.05, 0.1) is 45.6 Å². The third kappa shape index (κ3) is 49.5. The zero-order chi connectivity index (χ0) is 81.1. The number of amides is 1. The second kappa shape index (κ2) is 69.0. The van der Waals surface area contributed by atoms with Crippen LogP contribution in [0.15, 0.2) is 88.1 Å². The molecule has 11 atom stereocenters. The number of Topliss-reactive ketones (excluding diaryl/α,β-unsaturated/α-hetero) is 1. The average Bonchev–Trinajstić information content (AvgIpc) is 0.778. The topological polar surface area (TPSA) is 271 Å². The second-order valence-corrected chi connectivity index (χ2v) is 31.8. The second-order valence-electron chi connectivity index (χ2n) is 28.6. The van der Waals surface area contributed by atoms with Crippen LogP contribution in [-0.4, -0.2) is 171 Å². The first-order valence-corrected chi connectivity index (χ1v) is 45.2. The quantitative estimate of drug-likeness (QED) is 0.0195. The Balaban J connectivity index is 3.00. The minimum absolute atomic E-state index is 0.0193. The van der Waals surface area contributed by atoms with Crippen LogP contribution in [0.4, 0.5) is 9.59 Å².